The molecule has 0 saturated carbocycles. The summed E-state index contributed by atoms with van der Waals surface area (Å²) in [5, 5.41) is 1.77. The minimum Gasteiger partial charge on any atom is -0.322 e. The van der Waals surface area contributed by atoms with Crippen molar-refractivity contribution in [3.63, 3.8) is 0 Å². The third-order valence-corrected chi connectivity index (χ3v) is 7.90. The van der Waals surface area contributed by atoms with E-state index in [2.05, 4.69) is 20.3 Å². The van der Waals surface area contributed by atoms with Crippen LogP contribution in [-0.4, -0.2) is 40.6 Å². The molecule has 1 amide bonds. The zero-order valence-electron chi connectivity index (χ0n) is 20.6. The number of sulfone groups is 1. The SMILES string of the molecule is O=C(Nc1cccc(C(=O)c2ccc3ncc(-c4cccnc4)nc3c2)c1)c1ccc(S(=O)(=O)C(F)(F)F)c(Cl)c1. The summed E-state index contributed by atoms with van der Waals surface area (Å²) in [4.78, 5) is 37.9. The van der Waals surface area contributed by atoms with Crippen molar-refractivity contribution in [2.75, 3.05) is 5.32 Å². The number of pyridine rings is 1. The number of hydrogen-bond donors (Lipinski definition) is 1. The van der Waals surface area contributed by atoms with E-state index in [-0.39, 0.29) is 22.6 Å². The Morgan fingerprint density at radius 3 is 2.29 bits per heavy atom. The maximum absolute atomic E-state index is 13.3. The minimum absolute atomic E-state index is 0.189. The molecule has 0 spiro atoms. The van der Waals surface area contributed by atoms with Crippen molar-refractivity contribution in [2.24, 2.45) is 0 Å². The maximum Gasteiger partial charge on any atom is 0.501 e. The number of nitrogens with one attached hydrogen (secondary N) is 1. The molecule has 1 N–H and O–H groups in total. The van der Waals surface area contributed by atoms with E-state index in [1.54, 1.807) is 48.9 Å². The van der Waals surface area contributed by atoms with E-state index in [4.69, 9.17) is 11.6 Å². The quantitative estimate of drug-likeness (QED) is 0.234. The van der Waals surface area contributed by atoms with Gasteiger partial charge in [-0.1, -0.05) is 23.7 Å². The third-order valence-electron chi connectivity index (χ3n) is 5.93. The first kappa shape index (κ1) is 27.9. The van der Waals surface area contributed by atoms with Crippen LogP contribution in [0.1, 0.15) is 26.3 Å². The van der Waals surface area contributed by atoms with Gasteiger partial charge in [-0.15, -0.1) is 0 Å². The van der Waals surface area contributed by atoms with E-state index in [0.29, 0.717) is 28.4 Å². The molecule has 206 valence electrons. The predicted octanol–water partition coefficient (Wildman–Crippen LogP) is 6.12. The lowest BCUT2D eigenvalue weighted by molar-refractivity contribution is -0.0436. The first-order valence-electron chi connectivity index (χ1n) is 11.7. The lowest BCUT2D eigenvalue weighted by Gasteiger charge is -2.11. The third kappa shape index (κ3) is 5.65. The molecule has 0 unspecified atom stereocenters. The highest BCUT2D eigenvalue weighted by atomic mass is 35.5. The fourth-order valence-corrected chi connectivity index (χ4v) is 5.20. The Bertz CT molecular complexity index is 1930. The number of rotatable bonds is 6. The van der Waals surface area contributed by atoms with Gasteiger partial charge < -0.3 is 5.32 Å². The van der Waals surface area contributed by atoms with Gasteiger partial charge in [0.25, 0.3) is 15.7 Å². The first-order chi connectivity index (χ1) is 19.4. The van der Waals surface area contributed by atoms with Crippen LogP contribution in [-0.2, 0) is 9.84 Å². The maximum atomic E-state index is 13.3. The van der Waals surface area contributed by atoms with Crippen LogP contribution in [0.4, 0.5) is 18.9 Å². The summed E-state index contributed by atoms with van der Waals surface area (Å²) in [5.74, 6) is -1.14. The molecule has 2 heterocycles. The number of fused-ring (bicyclic) bond motifs is 1. The molecule has 5 aromatic rings. The summed E-state index contributed by atoms with van der Waals surface area (Å²) < 4.78 is 62.0. The molecular weight excluding hydrogens is 581 g/mol. The number of anilines is 1. The number of benzene rings is 3. The zero-order valence-corrected chi connectivity index (χ0v) is 22.1. The smallest absolute Gasteiger partial charge is 0.322 e. The van der Waals surface area contributed by atoms with Crippen molar-refractivity contribution in [2.45, 2.75) is 10.4 Å². The fraction of sp³-hybridized carbons (Fsp3) is 0.0357. The lowest BCUT2D eigenvalue weighted by atomic mass is 10.0. The highest BCUT2D eigenvalue weighted by molar-refractivity contribution is 7.92. The number of ketones is 1. The molecule has 3 aromatic carbocycles. The second kappa shape index (κ2) is 10.7. The van der Waals surface area contributed by atoms with Crippen LogP contribution in [0.15, 0.2) is 96.3 Å². The fourth-order valence-electron chi connectivity index (χ4n) is 3.90. The van der Waals surface area contributed by atoms with Gasteiger partial charge in [-0.05, 0) is 60.7 Å². The number of carbonyl (C=O) groups is 2. The molecule has 0 radical (unpaired) electrons. The van der Waals surface area contributed by atoms with E-state index in [1.165, 1.54) is 18.2 Å². The predicted molar refractivity (Wildman–Crippen MR) is 145 cm³/mol. The van der Waals surface area contributed by atoms with Gasteiger partial charge in [0.2, 0.25) is 0 Å². The number of halogens is 4. The molecule has 0 aliphatic heterocycles. The summed E-state index contributed by atoms with van der Waals surface area (Å²) in [6.07, 6.45) is 4.90. The van der Waals surface area contributed by atoms with Gasteiger partial charge in [-0.2, -0.15) is 13.2 Å². The van der Waals surface area contributed by atoms with Gasteiger partial charge >= 0.3 is 5.51 Å². The van der Waals surface area contributed by atoms with Crippen LogP contribution < -0.4 is 5.32 Å². The molecule has 0 atom stereocenters. The molecule has 8 nitrogen and oxygen atoms in total. The van der Waals surface area contributed by atoms with Crippen molar-refractivity contribution >= 4 is 49.8 Å². The van der Waals surface area contributed by atoms with Crippen LogP contribution >= 0.6 is 11.6 Å². The lowest BCUT2D eigenvalue weighted by Crippen LogP contribution is -2.23. The summed E-state index contributed by atoms with van der Waals surface area (Å²) in [7, 11) is -5.69. The van der Waals surface area contributed by atoms with Crippen LogP contribution in [0.3, 0.4) is 0 Å². The van der Waals surface area contributed by atoms with Crippen LogP contribution in [0, 0.1) is 0 Å². The molecule has 0 aliphatic carbocycles. The standard InChI is InChI=1S/C28H16ClF3N4O4S/c29-21-12-18(7-9-25(21)41(39,40)28(30,31)32)27(38)35-20-5-1-3-16(11-20)26(37)17-6-8-22-23(13-17)36-24(15-34-22)19-4-2-10-33-14-19/h1-15H,(H,35,38). The Hall–Kier alpha value is -4.68. The normalized spacial score (nSPS) is 11.8. The average molecular weight is 597 g/mol. The van der Waals surface area contributed by atoms with E-state index in [0.717, 1.165) is 17.7 Å². The van der Waals surface area contributed by atoms with Crippen molar-refractivity contribution in [1.82, 2.24) is 15.0 Å². The van der Waals surface area contributed by atoms with Crippen LogP contribution in [0.25, 0.3) is 22.3 Å². The molecular formula is C28H16ClF3N4O4S. The van der Waals surface area contributed by atoms with Crippen molar-refractivity contribution < 1.29 is 31.2 Å². The van der Waals surface area contributed by atoms with Gasteiger partial charge in [-0.25, -0.2) is 13.4 Å². The van der Waals surface area contributed by atoms with Crippen molar-refractivity contribution in [1.29, 1.82) is 0 Å². The summed E-state index contributed by atoms with van der Waals surface area (Å²) in [5.41, 5.74) is -2.53. The van der Waals surface area contributed by atoms with Gasteiger partial charge in [0.15, 0.2) is 5.78 Å². The number of hydrogen-bond acceptors (Lipinski definition) is 7. The monoisotopic (exact) mass is 596 g/mol. The number of aromatic nitrogens is 3. The second-order valence-corrected chi connectivity index (χ2v) is 11.0. The number of alkyl halides is 3. The number of amides is 1. The summed E-state index contributed by atoms with van der Waals surface area (Å²) in [6, 6.07) is 16.8. The molecule has 0 bridgehead atoms. The van der Waals surface area contributed by atoms with E-state index in [1.807, 2.05) is 6.07 Å². The van der Waals surface area contributed by atoms with Gasteiger partial charge in [0.05, 0.1) is 32.8 Å². The Morgan fingerprint density at radius 1 is 0.829 bits per heavy atom. The number of nitrogens with zero attached hydrogens (tertiary/aromatic N) is 3. The molecule has 0 fully saturated rings. The van der Waals surface area contributed by atoms with E-state index in [9.17, 15) is 31.2 Å². The van der Waals surface area contributed by atoms with Crippen molar-refractivity contribution in [3.05, 3.63) is 113 Å². The van der Waals surface area contributed by atoms with E-state index >= 15 is 0 Å². The molecule has 0 aliphatic rings. The largest absolute Gasteiger partial charge is 0.501 e. The molecule has 5 rings (SSSR count). The van der Waals surface area contributed by atoms with Gasteiger partial charge in [0, 0.05) is 40.3 Å². The van der Waals surface area contributed by atoms with Crippen molar-refractivity contribution in [3.8, 4) is 11.3 Å². The Morgan fingerprint density at radius 2 is 1.59 bits per heavy atom. The molecule has 0 saturated heterocycles. The molecule has 41 heavy (non-hydrogen) atoms. The number of carbonyl (C=O) groups excluding carboxylic acids is 2. The van der Waals surface area contributed by atoms with E-state index < -0.39 is 31.2 Å². The van der Waals surface area contributed by atoms with Crippen LogP contribution in [0.2, 0.25) is 5.02 Å². The highest BCUT2D eigenvalue weighted by Gasteiger charge is 2.47. The zero-order chi connectivity index (χ0) is 29.4. The second-order valence-electron chi connectivity index (χ2n) is 8.66. The first-order valence-corrected chi connectivity index (χ1v) is 13.5. The Kier molecular flexibility index (Phi) is 7.28. The molecule has 13 heteroatoms. The average Bonchev–Trinajstić information content (AvgIpc) is 2.96. The Labute approximate surface area is 235 Å². The Balaban J connectivity index is 1.37. The van der Waals surface area contributed by atoms with Crippen LogP contribution in [0.5, 0.6) is 0 Å². The topological polar surface area (TPSA) is 119 Å². The highest BCUT2D eigenvalue weighted by Crippen LogP contribution is 2.34. The summed E-state index contributed by atoms with van der Waals surface area (Å²) in [6.45, 7) is 0. The molecule has 2 aromatic heterocycles. The minimum atomic E-state index is -5.69. The van der Waals surface area contributed by atoms with Gasteiger partial charge in [-0.3, -0.25) is 19.6 Å². The summed E-state index contributed by atoms with van der Waals surface area (Å²) >= 11 is 5.77. The van der Waals surface area contributed by atoms with Gasteiger partial charge in [0.1, 0.15) is 0 Å².